The molecule has 0 saturated carbocycles. The lowest BCUT2D eigenvalue weighted by molar-refractivity contribution is -0.142. The summed E-state index contributed by atoms with van der Waals surface area (Å²) in [6.07, 6.45) is 4.04. The van der Waals surface area contributed by atoms with E-state index in [9.17, 15) is 9.59 Å². The zero-order chi connectivity index (χ0) is 38.9. The molecular weight excluding hydrogens is 700 g/mol. The molecule has 2 aromatic heterocycles. The maximum atomic E-state index is 12.8. The number of hydrogen-bond donors (Lipinski definition) is 2. The number of piperazine rings is 1. The summed E-state index contributed by atoms with van der Waals surface area (Å²) in [5, 5.41) is 11.8. The van der Waals surface area contributed by atoms with E-state index in [-0.39, 0.29) is 25.3 Å². The molecule has 1 fully saturated rings. The van der Waals surface area contributed by atoms with Crippen LogP contribution in [0.25, 0.3) is 11.3 Å². The number of amides is 1. The number of hydrogen-bond acceptors (Lipinski definition) is 14. The van der Waals surface area contributed by atoms with Crippen LogP contribution in [0.2, 0.25) is 0 Å². The molecule has 1 aliphatic heterocycles. The Bertz CT molecular complexity index is 1620. The van der Waals surface area contributed by atoms with Crippen LogP contribution in [0.4, 0.5) is 22.2 Å². The summed E-state index contributed by atoms with van der Waals surface area (Å²) in [6, 6.07) is 9.61. The lowest BCUT2D eigenvalue weighted by Crippen LogP contribution is -2.56. The van der Waals surface area contributed by atoms with Gasteiger partial charge in [-0.15, -0.1) is 0 Å². The molecule has 4 rings (SSSR count). The number of methoxy groups -OCH3 is 1. The summed E-state index contributed by atoms with van der Waals surface area (Å²) in [5.74, 6) is 1.42. The molecule has 1 unspecified atom stereocenters. The zero-order valence-electron chi connectivity index (χ0n) is 32.2. The molecule has 1 saturated heterocycles. The Morgan fingerprint density at radius 3 is 2.22 bits per heavy atom. The molecule has 0 radical (unpaired) electrons. The zero-order valence-corrected chi connectivity index (χ0v) is 32.2. The van der Waals surface area contributed by atoms with Gasteiger partial charge in [0, 0.05) is 49.3 Å². The second-order valence-corrected chi connectivity index (χ2v) is 13.4. The topological polar surface area (TPSA) is 176 Å². The number of carboxylic acid groups (broad SMARTS) is 1. The number of aromatic nitrogens is 3. The third-order valence-corrected chi connectivity index (χ3v) is 8.13. The number of aliphatic carboxylic acids is 1. The van der Waals surface area contributed by atoms with Crippen LogP contribution in [0.15, 0.2) is 42.7 Å². The molecule has 296 valence electrons. The largest absolute Gasteiger partial charge is 0.493 e. The van der Waals surface area contributed by atoms with Crippen LogP contribution in [0.1, 0.15) is 39.7 Å². The number of anilines is 3. The molecule has 0 spiro atoms. The van der Waals surface area contributed by atoms with Gasteiger partial charge in [-0.1, -0.05) is 6.92 Å². The highest BCUT2D eigenvalue weighted by Crippen LogP contribution is 2.35. The van der Waals surface area contributed by atoms with E-state index in [2.05, 4.69) is 22.1 Å². The average molecular weight is 755 g/mol. The van der Waals surface area contributed by atoms with E-state index in [1.807, 2.05) is 62.9 Å². The summed E-state index contributed by atoms with van der Waals surface area (Å²) in [6.45, 7) is 13.9. The van der Waals surface area contributed by atoms with E-state index in [4.69, 9.17) is 48.2 Å². The second-order valence-electron chi connectivity index (χ2n) is 13.4. The summed E-state index contributed by atoms with van der Waals surface area (Å²) < 4.78 is 38.6. The minimum absolute atomic E-state index is 0.0298. The van der Waals surface area contributed by atoms with Crippen molar-refractivity contribution < 1.29 is 47.9 Å². The van der Waals surface area contributed by atoms with Gasteiger partial charge < -0.3 is 53.4 Å². The summed E-state index contributed by atoms with van der Waals surface area (Å²) in [5.41, 5.74) is 2.62. The fraction of sp³-hybridized carbons (Fsp3) is 0.553. The minimum Gasteiger partial charge on any atom is -0.493 e. The van der Waals surface area contributed by atoms with E-state index in [1.165, 1.54) is 0 Å². The molecule has 3 aromatic rings. The molecule has 1 atom stereocenters. The molecule has 0 bridgehead atoms. The Hall–Kier alpha value is -4.77. The number of nitrogens with zero attached hydrogens (tertiary/aromatic N) is 5. The van der Waals surface area contributed by atoms with E-state index in [0.29, 0.717) is 89.0 Å². The average Bonchev–Trinajstić information content (AvgIpc) is 3.14. The fourth-order valence-corrected chi connectivity index (χ4v) is 5.62. The maximum absolute atomic E-state index is 12.8. The summed E-state index contributed by atoms with van der Waals surface area (Å²) in [4.78, 5) is 41.1. The molecule has 3 heterocycles. The highest BCUT2D eigenvalue weighted by molar-refractivity contribution is 5.70. The van der Waals surface area contributed by atoms with Crippen molar-refractivity contribution >= 4 is 29.5 Å². The van der Waals surface area contributed by atoms with Gasteiger partial charge in [0.05, 0.1) is 65.1 Å². The quantitative estimate of drug-likeness (QED) is 0.139. The number of ether oxygens (including phenoxy) is 7. The number of carbonyl (C=O) groups is 2. The third-order valence-electron chi connectivity index (χ3n) is 8.13. The number of carbonyl (C=O) groups excluding carboxylic acids is 1. The monoisotopic (exact) mass is 754 g/mol. The van der Waals surface area contributed by atoms with E-state index >= 15 is 0 Å². The van der Waals surface area contributed by atoms with Crippen molar-refractivity contribution in [2.45, 2.75) is 52.7 Å². The first-order valence-electron chi connectivity index (χ1n) is 18.1. The van der Waals surface area contributed by atoms with Crippen molar-refractivity contribution in [2.24, 2.45) is 0 Å². The molecular formula is C38H54N6O10. The standard InChI is InChI=1S/C38H54N6O10/c1-7-30-25-43(12-13-44(30)37(47)54-38(3,4)5)33-9-8-28(24-40-33)31-10-11-39-36(42-31)41-29-22-27(2)35(48-6)32(23-29)53-21-20-51-17-16-49-14-15-50-18-19-52-26-34(45)46/h8-11,22-24,30H,7,12-21,25-26H2,1-6H3,(H,45,46)(H,39,41,42). The van der Waals surface area contributed by atoms with Crippen LogP contribution < -0.4 is 19.7 Å². The van der Waals surface area contributed by atoms with Crippen molar-refractivity contribution in [3.05, 3.63) is 48.3 Å². The molecule has 0 aliphatic carbocycles. The van der Waals surface area contributed by atoms with Crippen LogP contribution in [0.5, 0.6) is 11.5 Å². The highest BCUT2D eigenvalue weighted by Gasteiger charge is 2.32. The third kappa shape index (κ3) is 13.6. The second kappa shape index (κ2) is 21.2. The van der Waals surface area contributed by atoms with E-state index in [0.717, 1.165) is 29.1 Å². The van der Waals surface area contributed by atoms with Gasteiger partial charge >= 0.3 is 12.1 Å². The van der Waals surface area contributed by atoms with Crippen molar-refractivity contribution in [3.63, 3.8) is 0 Å². The van der Waals surface area contributed by atoms with Crippen molar-refractivity contribution in [1.29, 1.82) is 0 Å². The summed E-state index contributed by atoms with van der Waals surface area (Å²) >= 11 is 0. The molecule has 1 aromatic carbocycles. The van der Waals surface area contributed by atoms with Crippen LogP contribution in [0, 0.1) is 6.92 Å². The fourth-order valence-electron chi connectivity index (χ4n) is 5.62. The van der Waals surface area contributed by atoms with E-state index in [1.54, 1.807) is 19.5 Å². The first-order chi connectivity index (χ1) is 26.0. The van der Waals surface area contributed by atoms with Gasteiger partial charge in [-0.2, -0.15) is 0 Å². The molecule has 16 nitrogen and oxygen atoms in total. The number of nitrogens with one attached hydrogen (secondary N) is 1. The van der Waals surface area contributed by atoms with Gasteiger partial charge in [0.1, 0.15) is 24.6 Å². The van der Waals surface area contributed by atoms with Gasteiger partial charge in [0.2, 0.25) is 5.95 Å². The molecule has 54 heavy (non-hydrogen) atoms. The Balaban J connectivity index is 1.25. The first-order valence-corrected chi connectivity index (χ1v) is 18.1. The van der Waals surface area contributed by atoms with Crippen molar-refractivity contribution in [1.82, 2.24) is 19.9 Å². The van der Waals surface area contributed by atoms with Crippen LogP contribution in [-0.4, -0.2) is 135 Å². The number of aryl methyl sites for hydroxylation is 1. The first kappa shape index (κ1) is 42.0. The molecule has 1 aliphatic rings. The van der Waals surface area contributed by atoms with Gasteiger partial charge in [-0.05, 0) is 63.9 Å². The van der Waals surface area contributed by atoms with Crippen LogP contribution in [0.3, 0.4) is 0 Å². The Morgan fingerprint density at radius 2 is 1.61 bits per heavy atom. The van der Waals surface area contributed by atoms with Crippen molar-refractivity contribution in [3.8, 4) is 22.8 Å². The number of pyridine rings is 1. The normalized spacial score (nSPS) is 14.5. The number of carboxylic acids is 1. The SMILES string of the molecule is CCC1CN(c2ccc(-c3ccnc(Nc4cc(C)c(OC)c(OCCOCCOCCOCCOCC(=O)O)c4)n3)cn2)CCN1C(=O)OC(C)(C)C. The Morgan fingerprint density at radius 1 is 0.926 bits per heavy atom. The Kier molecular flexibility index (Phi) is 16.5. The predicted octanol–water partition coefficient (Wildman–Crippen LogP) is 4.96. The smallest absolute Gasteiger partial charge is 0.410 e. The molecule has 1 amide bonds. The minimum atomic E-state index is -1.01. The van der Waals surface area contributed by atoms with Gasteiger partial charge in [0.15, 0.2) is 11.5 Å². The van der Waals surface area contributed by atoms with E-state index < -0.39 is 11.6 Å². The summed E-state index contributed by atoms with van der Waals surface area (Å²) in [7, 11) is 1.60. The van der Waals surface area contributed by atoms with Crippen LogP contribution >= 0.6 is 0 Å². The highest BCUT2D eigenvalue weighted by atomic mass is 16.6. The van der Waals surface area contributed by atoms with Crippen molar-refractivity contribution in [2.75, 3.05) is 96.4 Å². The van der Waals surface area contributed by atoms with Gasteiger partial charge in [-0.3, -0.25) is 0 Å². The number of rotatable bonds is 21. The molecule has 16 heteroatoms. The predicted molar refractivity (Wildman–Crippen MR) is 202 cm³/mol. The van der Waals surface area contributed by atoms with Crippen LogP contribution in [-0.2, 0) is 28.5 Å². The Labute approximate surface area is 317 Å². The maximum Gasteiger partial charge on any atom is 0.410 e. The molecule has 2 N–H and O–H groups in total. The number of benzene rings is 1. The lowest BCUT2D eigenvalue weighted by Gasteiger charge is -2.41. The van der Waals surface area contributed by atoms with Gasteiger partial charge in [0.25, 0.3) is 0 Å². The van der Waals surface area contributed by atoms with Gasteiger partial charge in [-0.25, -0.2) is 24.5 Å². The lowest BCUT2D eigenvalue weighted by atomic mass is 10.1.